The summed E-state index contributed by atoms with van der Waals surface area (Å²) in [6.07, 6.45) is 2.97. The lowest BCUT2D eigenvalue weighted by Gasteiger charge is -2.24. The number of likely N-dealkylation sites (N-methyl/N-ethyl adjacent to an activating group) is 1. The fourth-order valence-electron chi connectivity index (χ4n) is 1.78. The number of pyridine rings is 1. The van der Waals surface area contributed by atoms with Crippen molar-refractivity contribution >= 4 is 12.0 Å². The Balaban J connectivity index is 2.32. The van der Waals surface area contributed by atoms with Crippen LogP contribution in [0.15, 0.2) is 24.4 Å². The quantitative estimate of drug-likeness (QED) is 0.820. The minimum Gasteiger partial charge on any atom is -0.481 e. The van der Waals surface area contributed by atoms with Crippen molar-refractivity contribution in [3.05, 3.63) is 30.1 Å². The van der Waals surface area contributed by atoms with Gasteiger partial charge in [-0.2, -0.15) is 0 Å². The van der Waals surface area contributed by atoms with E-state index in [1.54, 1.807) is 30.1 Å². The van der Waals surface area contributed by atoms with Gasteiger partial charge < -0.3 is 14.9 Å². The van der Waals surface area contributed by atoms with Crippen molar-refractivity contribution in [2.75, 3.05) is 27.2 Å². The molecule has 1 aromatic heterocycles. The lowest BCUT2D eigenvalue weighted by Crippen LogP contribution is -2.40. The second-order valence-electron chi connectivity index (χ2n) is 4.69. The van der Waals surface area contributed by atoms with E-state index < -0.39 is 5.97 Å². The molecule has 1 rings (SSSR count). The molecule has 0 aromatic carbocycles. The fourth-order valence-corrected chi connectivity index (χ4v) is 1.78. The zero-order valence-electron chi connectivity index (χ0n) is 12.0. The van der Waals surface area contributed by atoms with Gasteiger partial charge in [0.2, 0.25) is 0 Å². The highest BCUT2D eigenvalue weighted by atomic mass is 16.4. The Kier molecular flexibility index (Phi) is 6.49. The van der Waals surface area contributed by atoms with Crippen LogP contribution in [-0.4, -0.2) is 59.1 Å². The average molecular weight is 279 g/mol. The number of amides is 2. The number of carboxylic acid groups (broad SMARTS) is 1. The molecule has 0 spiro atoms. The SMILES string of the molecule is CN(CCCC(=O)O)C(=O)N(C)CCc1ccccn1. The maximum Gasteiger partial charge on any atom is 0.319 e. The lowest BCUT2D eigenvalue weighted by molar-refractivity contribution is -0.137. The first-order valence-electron chi connectivity index (χ1n) is 6.58. The normalized spacial score (nSPS) is 10.1. The predicted molar refractivity (Wildman–Crippen MR) is 75.5 cm³/mol. The van der Waals surface area contributed by atoms with E-state index in [1.807, 2.05) is 18.2 Å². The first-order valence-corrected chi connectivity index (χ1v) is 6.58. The molecule has 6 nitrogen and oxygen atoms in total. The van der Waals surface area contributed by atoms with Crippen molar-refractivity contribution < 1.29 is 14.7 Å². The molecule has 0 saturated heterocycles. The van der Waals surface area contributed by atoms with Crippen LogP contribution in [0, 0.1) is 0 Å². The molecular weight excluding hydrogens is 258 g/mol. The summed E-state index contributed by atoms with van der Waals surface area (Å²) < 4.78 is 0. The number of hydrogen-bond donors (Lipinski definition) is 1. The van der Waals surface area contributed by atoms with E-state index in [2.05, 4.69) is 4.98 Å². The molecule has 0 saturated carbocycles. The summed E-state index contributed by atoms with van der Waals surface area (Å²) in [6, 6.07) is 5.59. The Labute approximate surface area is 119 Å². The summed E-state index contributed by atoms with van der Waals surface area (Å²) in [5, 5.41) is 8.56. The summed E-state index contributed by atoms with van der Waals surface area (Å²) in [5.41, 5.74) is 0.945. The van der Waals surface area contributed by atoms with Gasteiger partial charge in [0.25, 0.3) is 0 Å². The van der Waals surface area contributed by atoms with Gasteiger partial charge in [0.05, 0.1) is 0 Å². The van der Waals surface area contributed by atoms with Gasteiger partial charge in [-0.1, -0.05) is 6.07 Å². The third kappa shape index (κ3) is 5.69. The number of aliphatic carboxylic acids is 1. The van der Waals surface area contributed by atoms with Crippen molar-refractivity contribution in [3.8, 4) is 0 Å². The highest BCUT2D eigenvalue weighted by Crippen LogP contribution is 2.01. The van der Waals surface area contributed by atoms with Crippen LogP contribution >= 0.6 is 0 Å². The molecule has 1 N–H and O–H groups in total. The molecule has 6 heteroatoms. The van der Waals surface area contributed by atoms with Crippen molar-refractivity contribution in [3.63, 3.8) is 0 Å². The zero-order valence-corrected chi connectivity index (χ0v) is 12.0. The van der Waals surface area contributed by atoms with Gasteiger partial charge in [0.15, 0.2) is 0 Å². The minimum atomic E-state index is -0.839. The summed E-state index contributed by atoms with van der Waals surface area (Å²) in [4.78, 5) is 29.8. The smallest absolute Gasteiger partial charge is 0.319 e. The fraction of sp³-hybridized carbons (Fsp3) is 0.500. The average Bonchev–Trinajstić information content (AvgIpc) is 2.44. The summed E-state index contributed by atoms with van der Waals surface area (Å²) in [5.74, 6) is -0.839. The molecule has 0 unspecified atom stereocenters. The van der Waals surface area contributed by atoms with Gasteiger partial charge >= 0.3 is 12.0 Å². The molecule has 0 radical (unpaired) electrons. The Morgan fingerprint density at radius 1 is 1.20 bits per heavy atom. The maximum absolute atomic E-state index is 12.0. The number of rotatable bonds is 7. The van der Waals surface area contributed by atoms with E-state index in [0.717, 1.165) is 5.69 Å². The third-order valence-corrected chi connectivity index (χ3v) is 2.97. The molecule has 0 atom stereocenters. The van der Waals surface area contributed by atoms with Gasteiger partial charge in [0.1, 0.15) is 0 Å². The first-order chi connectivity index (χ1) is 9.50. The molecule has 0 aliphatic heterocycles. The molecule has 0 aliphatic rings. The first kappa shape index (κ1) is 15.9. The maximum atomic E-state index is 12.0. The van der Waals surface area contributed by atoms with Gasteiger partial charge in [-0.3, -0.25) is 9.78 Å². The van der Waals surface area contributed by atoms with Gasteiger partial charge in [0, 0.05) is 51.9 Å². The monoisotopic (exact) mass is 279 g/mol. The van der Waals surface area contributed by atoms with Crippen LogP contribution in [0.5, 0.6) is 0 Å². The van der Waals surface area contributed by atoms with Crippen molar-refractivity contribution in [1.29, 1.82) is 0 Å². The van der Waals surface area contributed by atoms with Crippen LogP contribution in [0.2, 0.25) is 0 Å². The van der Waals surface area contributed by atoms with Gasteiger partial charge in [-0.05, 0) is 18.6 Å². The molecule has 20 heavy (non-hydrogen) atoms. The van der Waals surface area contributed by atoms with E-state index in [4.69, 9.17) is 5.11 Å². The number of aromatic nitrogens is 1. The Bertz CT molecular complexity index is 437. The van der Waals surface area contributed by atoms with Crippen molar-refractivity contribution in [2.24, 2.45) is 0 Å². The number of carbonyl (C=O) groups is 2. The molecule has 1 heterocycles. The Hall–Kier alpha value is -2.11. The lowest BCUT2D eigenvalue weighted by atomic mass is 10.2. The van der Waals surface area contributed by atoms with Gasteiger partial charge in [-0.25, -0.2) is 4.79 Å². The summed E-state index contributed by atoms with van der Waals surface area (Å²) in [7, 11) is 3.42. The van der Waals surface area contributed by atoms with E-state index in [-0.39, 0.29) is 12.5 Å². The zero-order chi connectivity index (χ0) is 15.0. The topological polar surface area (TPSA) is 73.7 Å². The number of carbonyl (C=O) groups excluding carboxylic acids is 1. The predicted octanol–water partition coefficient (Wildman–Crippen LogP) is 1.47. The van der Waals surface area contributed by atoms with Crippen LogP contribution in [0.3, 0.4) is 0 Å². The van der Waals surface area contributed by atoms with Crippen LogP contribution in [0.4, 0.5) is 4.79 Å². The molecule has 110 valence electrons. The number of hydrogen-bond acceptors (Lipinski definition) is 3. The highest BCUT2D eigenvalue weighted by molar-refractivity contribution is 5.74. The summed E-state index contributed by atoms with van der Waals surface area (Å²) >= 11 is 0. The van der Waals surface area contributed by atoms with Crippen molar-refractivity contribution in [1.82, 2.24) is 14.8 Å². The second kappa shape index (κ2) is 8.14. The van der Waals surface area contributed by atoms with Gasteiger partial charge in [-0.15, -0.1) is 0 Å². The number of carboxylic acids is 1. The van der Waals surface area contributed by atoms with E-state index in [9.17, 15) is 9.59 Å². The van der Waals surface area contributed by atoms with E-state index >= 15 is 0 Å². The summed E-state index contributed by atoms with van der Waals surface area (Å²) in [6.45, 7) is 1.03. The molecular formula is C14H21N3O3. The van der Waals surface area contributed by atoms with Crippen LogP contribution in [-0.2, 0) is 11.2 Å². The molecule has 0 aliphatic carbocycles. The van der Waals surface area contributed by atoms with E-state index in [0.29, 0.717) is 25.9 Å². The minimum absolute atomic E-state index is 0.0786. The highest BCUT2D eigenvalue weighted by Gasteiger charge is 2.14. The molecule has 0 fully saturated rings. The van der Waals surface area contributed by atoms with Crippen LogP contribution < -0.4 is 0 Å². The van der Waals surface area contributed by atoms with E-state index in [1.165, 1.54) is 0 Å². The second-order valence-corrected chi connectivity index (χ2v) is 4.69. The molecule has 1 aromatic rings. The third-order valence-electron chi connectivity index (χ3n) is 2.97. The van der Waals surface area contributed by atoms with Crippen LogP contribution in [0.1, 0.15) is 18.5 Å². The van der Waals surface area contributed by atoms with Crippen LogP contribution in [0.25, 0.3) is 0 Å². The largest absolute Gasteiger partial charge is 0.481 e. The Morgan fingerprint density at radius 2 is 1.90 bits per heavy atom. The molecule has 2 amide bonds. The van der Waals surface area contributed by atoms with Crippen molar-refractivity contribution in [2.45, 2.75) is 19.3 Å². The molecule has 0 bridgehead atoms. The number of nitrogens with zero attached hydrogens (tertiary/aromatic N) is 3. The Morgan fingerprint density at radius 3 is 2.50 bits per heavy atom. The standard InChI is InChI=1S/C14H21N3O3/c1-16(10-5-7-13(18)19)14(20)17(2)11-8-12-6-3-4-9-15-12/h3-4,6,9H,5,7-8,10-11H2,1-2H3,(H,18,19). The number of urea groups is 1.